The van der Waals surface area contributed by atoms with Crippen molar-refractivity contribution in [1.29, 1.82) is 10.5 Å². The van der Waals surface area contributed by atoms with E-state index in [4.69, 9.17) is 20.6 Å². The van der Waals surface area contributed by atoms with E-state index in [1.54, 1.807) is 12.1 Å². The third kappa shape index (κ3) is 2.61. The summed E-state index contributed by atoms with van der Waals surface area (Å²) in [6, 6.07) is 7.15. The van der Waals surface area contributed by atoms with E-state index < -0.39 is 7.12 Å². The molecule has 0 bridgehead atoms. The number of nitriles is 2. The second kappa shape index (κ2) is 4.99. The number of nitrogens with zero attached hydrogens (tertiary/aromatic N) is 2. The summed E-state index contributed by atoms with van der Waals surface area (Å²) in [4.78, 5) is 0. The highest BCUT2D eigenvalue weighted by Crippen LogP contribution is 2.17. The summed E-state index contributed by atoms with van der Waals surface area (Å²) >= 11 is 0. The van der Waals surface area contributed by atoms with Gasteiger partial charge in [0.15, 0.2) is 0 Å². The number of allylic oxidation sites excluding steroid dienone is 1. The van der Waals surface area contributed by atoms with Gasteiger partial charge in [0, 0.05) is 5.56 Å². The van der Waals surface area contributed by atoms with E-state index in [1.165, 1.54) is 24.3 Å². The van der Waals surface area contributed by atoms with Crippen molar-refractivity contribution in [1.82, 2.24) is 0 Å². The molecular formula is C10H7BN2O3. The minimum absolute atomic E-state index is 0.146. The van der Waals surface area contributed by atoms with Crippen LogP contribution in [0, 0.1) is 22.7 Å². The second-order valence-corrected chi connectivity index (χ2v) is 2.97. The molecule has 0 saturated carbocycles. The molecule has 1 aromatic carbocycles. The Morgan fingerprint density at radius 3 is 2.38 bits per heavy atom. The smallest absolute Gasteiger partial charge is 0.488 e. The predicted molar refractivity (Wildman–Crippen MR) is 57.1 cm³/mol. The molecule has 5 nitrogen and oxygen atoms in total. The predicted octanol–water partition coefficient (Wildman–Crippen LogP) is -0.497. The fourth-order valence-corrected chi connectivity index (χ4v) is 1.09. The highest BCUT2D eigenvalue weighted by atomic mass is 16.4. The number of hydrogen-bond donors (Lipinski definition) is 3. The van der Waals surface area contributed by atoms with Crippen LogP contribution in [-0.2, 0) is 0 Å². The Hall–Kier alpha value is -2.28. The summed E-state index contributed by atoms with van der Waals surface area (Å²) in [7, 11) is -1.67. The maximum absolute atomic E-state index is 9.43. The molecule has 16 heavy (non-hydrogen) atoms. The first-order valence-electron chi connectivity index (χ1n) is 4.29. The van der Waals surface area contributed by atoms with Crippen LogP contribution in [0.2, 0.25) is 0 Å². The second-order valence-electron chi connectivity index (χ2n) is 2.97. The highest BCUT2D eigenvalue weighted by Gasteiger charge is 2.12. The Balaban J connectivity index is 3.25. The Labute approximate surface area is 92.3 Å². The van der Waals surface area contributed by atoms with Crippen molar-refractivity contribution < 1.29 is 15.2 Å². The van der Waals surface area contributed by atoms with Crippen molar-refractivity contribution in [2.24, 2.45) is 0 Å². The highest BCUT2D eigenvalue weighted by molar-refractivity contribution is 6.58. The van der Waals surface area contributed by atoms with Crippen LogP contribution in [0.15, 0.2) is 23.8 Å². The van der Waals surface area contributed by atoms with Crippen LogP contribution in [0.3, 0.4) is 0 Å². The fraction of sp³-hybridized carbons (Fsp3) is 0. The van der Waals surface area contributed by atoms with Crippen molar-refractivity contribution >= 4 is 18.7 Å². The van der Waals surface area contributed by atoms with Crippen molar-refractivity contribution in [3.63, 3.8) is 0 Å². The molecule has 3 N–H and O–H groups in total. The molecule has 1 aromatic rings. The zero-order valence-electron chi connectivity index (χ0n) is 8.12. The molecule has 0 unspecified atom stereocenters. The van der Waals surface area contributed by atoms with Gasteiger partial charge in [-0.3, -0.25) is 0 Å². The van der Waals surface area contributed by atoms with Gasteiger partial charge in [-0.15, -0.1) is 0 Å². The zero-order valence-corrected chi connectivity index (χ0v) is 8.12. The van der Waals surface area contributed by atoms with E-state index in [0.717, 1.165) is 0 Å². The maximum Gasteiger partial charge on any atom is 0.488 e. The number of rotatable bonds is 2. The number of phenolic OH excluding ortho intramolecular Hbond substituents is 1. The zero-order chi connectivity index (χ0) is 12.1. The van der Waals surface area contributed by atoms with Crippen molar-refractivity contribution in [2.45, 2.75) is 0 Å². The van der Waals surface area contributed by atoms with Crippen molar-refractivity contribution in [2.75, 3.05) is 0 Å². The first kappa shape index (κ1) is 11.8. The molecule has 1 rings (SSSR count). The van der Waals surface area contributed by atoms with Gasteiger partial charge in [-0.05, 0) is 17.6 Å². The van der Waals surface area contributed by atoms with Gasteiger partial charge in [0.05, 0.1) is 0 Å². The first-order valence-corrected chi connectivity index (χ1v) is 4.29. The standard InChI is InChI=1S/C10H7BN2O3/c12-5-7(6-13)3-8-4-9(11(15)16)1-2-10(8)14/h1-4,14-16H. The molecule has 0 heterocycles. The molecule has 0 spiro atoms. The van der Waals surface area contributed by atoms with Crippen LogP contribution in [-0.4, -0.2) is 22.3 Å². The molecular weight excluding hydrogens is 207 g/mol. The summed E-state index contributed by atoms with van der Waals surface area (Å²) in [5.41, 5.74) is 0.169. The summed E-state index contributed by atoms with van der Waals surface area (Å²) in [6.45, 7) is 0. The lowest BCUT2D eigenvalue weighted by Gasteiger charge is -2.03. The van der Waals surface area contributed by atoms with Gasteiger partial charge in [0.1, 0.15) is 23.5 Å². The van der Waals surface area contributed by atoms with Crippen molar-refractivity contribution in [3.05, 3.63) is 29.3 Å². The molecule has 78 valence electrons. The normalized spacial score (nSPS) is 8.75. The number of phenols is 1. The average Bonchev–Trinajstić information content (AvgIpc) is 2.27. The molecule has 0 atom stereocenters. The molecule has 0 radical (unpaired) electrons. The summed E-state index contributed by atoms with van der Waals surface area (Å²) < 4.78 is 0. The quantitative estimate of drug-likeness (QED) is 0.454. The van der Waals surface area contributed by atoms with Gasteiger partial charge in [0.25, 0.3) is 0 Å². The van der Waals surface area contributed by atoms with Gasteiger partial charge in [-0.2, -0.15) is 10.5 Å². The van der Waals surface area contributed by atoms with Crippen LogP contribution in [0.1, 0.15) is 5.56 Å². The number of hydrogen-bond acceptors (Lipinski definition) is 5. The maximum atomic E-state index is 9.43. The largest absolute Gasteiger partial charge is 0.507 e. The molecule has 0 saturated heterocycles. The minimum Gasteiger partial charge on any atom is -0.507 e. The third-order valence-electron chi connectivity index (χ3n) is 1.89. The van der Waals surface area contributed by atoms with Crippen molar-refractivity contribution in [3.8, 4) is 17.9 Å². The summed E-state index contributed by atoms with van der Waals surface area (Å²) in [6.07, 6.45) is 1.17. The van der Waals surface area contributed by atoms with E-state index in [1.807, 2.05) is 0 Å². The molecule has 0 aromatic heterocycles. The summed E-state index contributed by atoms with van der Waals surface area (Å²) in [5.74, 6) is -0.146. The first-order chi connectivity index (χ1) is 7.58. The van der Waals surface area contributed by atoms with Crippen LogP contribution in [0.25, 0.3) is 6.08 Å². The lowest BCUT2D eigenvalue weighted by Crippen LogP contribution is -2.29. The monoisotopic (exact) mass is 214 g/mol. The van der Waals surface area contributed by atoms with E-state index in [9.17, 15) is 5.11 Å². The van der Waals surface area contributed by atoms with Gasteiger partial charge in [-0.1, -0.05) is 12.1 Å². The lowest BCUT2D eigenvalue weighted by atomic mass is 9.79. The van der Waals surface area contributed by atoms with Crippen LogP contribution < -0.4 is 5.46 Å². The third-order valence-corrected chi connectivity index (χ3v) is 1.89. The molecule has 0 aliphatic carbocycles. The number of benzene rings is 1. The van der Waals surface area contributed by atoms with E-state index in [2.05, 4.69) is 0 Å². The topological polar surface area (TPSA) is 108 Å². The molecule has 0 amide bonds. The van der Waals surface area contributed by atoms with Gasteiger partial charge in [0.2, 0.25) is 0 Å². The summed E-state index contributed by atoms with van der Waals surface area (Å²) in [5, 5.41) is 44.3. The molecule has 0 fully saturated rings. The van der Waals surface area contributed by atoms with Gasteiger partial charge < -0.3 is 15.2 Å². The van der Waals surface area contributed by atoms with Crippen LogP contribution in [0.4, 0.5) is 0 Å². The van der Waals surface area contributed by atoms with Gasteiger partial charge in [-0.25, -0.2) is 0 Å². The Morgan fingerprint density at radius 2 is 1.88 bits per heavy atom. The van der Waals surface area contributed by atoms with Gasteiger partial charge >= 0.3 is 7.12 Å². The average molecular weight is 214 g/mol. The molecule has 6 heteroatoms. The Kier molecular flexibility index (Phi) is 3.68. The number of aromatic hydroxyl groups is 1. The SMILES string of the molecule is N#CC(C#N)=Cc1cc(B(O)O)ccc1O. The van der Waals surface area contributed by atoms with Crippen LogP contribution in [0.5, 0.6) is 5.75 Å². The fourth-order valence-electron chi connectivity index (χ4n) is 1.09. The van der Waals surface area contributed by atoms with E-state index in [-0.39, 0.29) is 22.3 Å². The minimum atomic E-state index is -1.67. The van der Waals surface area contributed by atoms with E-state index in [0.29, 0.717) is 0 Å². The molecule has 0 aliphatic rings. The molecule has 0 aliphatic heterocycles. The Bertz CT molecular complexity index is 496. The lowest BCUT2D eigenvalue weighted by molar-refractivity contribution is 0.425. The van der Waals surface area contributed by atoms with E-state index >= 15 is 0 Å². The van der Waals surface area contributed by atoms with Crippen LogP contribution >= 0.6 is 0 Å². The Morgan fingerprint density at radius 1 is 1.25 bits per heavy atom.